The highest BCUT2D eigenvalue weighted by Gasteiger charge is 2.11. The van der Waals surface area contributed by atoms with E-state index in [0.717, 1.165) is 11.1 Å². The molecule has 0 amide bonds. The summed E-state index contributed by atoms with van der Waals surface area (Å²) in [6.07, 6.45) is 0. The summed E-state index contributed by atoms with van der Waals surface area (Å²) in [5.41, 5.74) is 2.45. The zero-order valence-electron chi connectivity index (χ0n) is 13.5. The maximum Gasteiger partial charge on any atom is 0.338 e. The number of esters is 1. The topological polar surface area (TPSA) is 95.7 Å². The maximum absolute atomic E-state index is 12.0. The van der Waals surface area contributed by atoms with Gasteiger partial charge in [0.05, 0.1) is 10.5 Å². The zero-order valence-corrected chi connectivity index (χ0v) is 14.3. The molecule has 2 aromatic rings. The molecule has 2 N–H and O–H groups in total. The van der Waals surface area contributed by atoms with E-state index in [4.69, 9.17) is 14.6 Å². The predicted octanol–water partition coefficient (Wildman–Crippen LogP) is 2.19. The average Bonchev–Trinajstić information content (AvgIpc) is 2.53. The predicted molar refractivity (Wildman–Crippen MR) is 89.5 cm³/mol. The minimum atomic E-state index is -3.72. The number of nitrogens with two attached hydrogens (primary N) is 1. The van der Waals surface area contributed by atoms with Gasteiger partial charge in [-0.1, -0.05) is 12.1 Å². The Morgan fingerprint density at radius 3 is 2.33 bits per heavy atom. The second-order valence-electron chi connectivity index (χ2n) is 5.25. The maximum atomic E-state index is 12.0. The van der Waals surface area contributed by atoms with Gasteiger partial charge in [-0.2, -0.15) is 0 Å². The van der Waals surface area contributed by atoms with E-state index in [1.54, 1.807) is 6.07 Å². The van der Waals surface area contributed by atoms with Crippen LogP contribution in [0.15, 0.2) is 47.4 Å². The van der Waals surface area contributed by atoms with E-state index in [0.29, 0.717) is 11.3 Å². The van der Waals surface area contributed by atoms with E-state index in [9.17, 15) is 13.2 Å². The van der Waals surface area contributed by atoms with E-state index in [2.05, 4.69) is 0 Å². The molecule has 2 aromatic carbocycles. The zero-order chi connectivity index (χ0) is 17.7. The van der Waals surface area contributed by atoms with E-state index in [-0.39, 0.29) is 18.1 Å². The van der Waals surface area contributed by atoms with E-state index >= 15 is 0 Å². The third kappa shape index (κ3) is 4.56. The Labute approximate surface area is 141 Å². The molecule has 0 radical (unpaired) electrons. The third-order valence-electron chi connectivity index (χ3n) is 3.56. The molecule has 0 aliphatic rings. The molecule has 0 spiro atoms. The van der Waals surface area contributed by atoms with Crippen LogP contribution < -0.4 is 9.88 Å². The molecule has 128 valence electrons. The van der Waals surface area contributed by atoms with Gasteiger partial charge >= 0.3 is 5.97 Å². The van der Waals surface area contributed by atoms with Gasteiger partial charge in [0.2, 0.25) is 10.0 Å². The standard InChI is InChI=1S/C17H19NO5S/c1-12-4-3-5-16(13(12)2)17(19)23-11-10-22-14-6-8-15(9-7-14)24(18,20)21/h3-9H,10-11H2,1-2H3,(H2,18,20,21). The number of rotatable bonds is 6. The summed E-state index contributed by atoms with van der Waals surface area (Å²) < 4.78 is 32.9. The van der Waals surface area contributed by atoms with E-state index in [1.807, 2.05) is 26.0 Å². The molecule has 0 heterocycles. The van der Waals surface area contributed by atoms with Crippen molar-refractivity contribution in [1.29, 1.82) is 0 Å². The molecule has 7 heteroatoms. The van der Waals surface area contributed by atoms with Gasteiger partial charge in [-0.05, 0) is 55.3 Å². The number of carbonyl (C=O) groups excluding carboxylic acids is 1. The molecule has 6 nitrogen and oxygen atoms in total. The Hall–Kier alpha value is -2.38. The van der Waals surface area contributed by atoms with Crippen LogP contribution in [0.5, 0.6) is 5.75 Å². The number of primary sulfonamides is 1. The van der Waals surface area contributed by atoms with Crippen molar-refractivity contribution in [3.63, 3.8) is 0 Å². The van der Waals surface area contributed by atoms with Crippen LogP contribution in [-0.2, 0) is 14.8 Å². The van der Waals surface area contributed by atoms with Gasteiger partial charge < -0.3 is 9.47 Å². The van der Waals surface area contributed by atoms with Crippen LogP contribution in [0.1, 0.15) is 21.5 Å². The molecule has 0 saturated carbocycles. The smallest absolute Gasteiger partial charge is 0.338 e. The Morgan fingerprint density at radius 1 is 1.04 bits per heavy atom. The Balaban J connectivity index is 1.84. The van der Waals surface area contributed by atoms with Crippen molar-refractivity contribution < 1.29 is 22.7 Å². The van der Waals surface area contributed by atoms with Gasteiger partial charge in [-0.25, -0.2) is 18.4 Å². The summed E-state index contributed by atoms with van der Waals surface area (Å²) >= 11 is 0. The van der Waals surface area contributed by atoms with Crippen molar-refractivity contribution >= 4 is 16.0 Å². The lowest BCUT2D eigenvalue weighted by Crippen LogP contribution is -2.14. The normalized spacial score (nSPS) is 11.1. The van der Waals surface area contributed by atoms with Gasteiger partial charge in [0.15, 0.2) is 0 Å². The fourth-order valence-electron chi connectivity index (χ4n) is 2.07. The van der Waals surface area contributed by atoms with Crippen molar-refractivity contribution in [3.05, 3.63) is 59.2 Å². The van der Waals surface area contributed by atoms with Gasteiger partial charge in [0.1, 0.15) is 19.0 Å². The summed E-state index contributed by atoms with van der Waals surface area (Å²) in [6, 6.07) is 11.2. The molecule has 0 saturated heterocycles. The molecule has 24 heavy (non-hydrogen) atoms. The van der Waals surface area contributed by atoms with Crippen LogP contribution >= 0.6 is 0 Å². The minimum absolute atomic E-state index is 0.0104. The summed E-state index contributed by atoms with van der Waals surface area (Å²) in [4.78, 5) is 12.0. The molecule has 0 aromatic heterocycles. The highest BCUT2D eigenvalue weighted by Crippen LogP contribution is 2.15. The van der Waals surface area contributed by atoms with Gasteiger partial charge in [-0.15, -0.1) is 0 Å². The first kappa shape index (κ1) is 18.0. The quantitative estimate of drug-likeness (QED) is 0.637. The summed E-state index contributed by atoms with van der Waals surface area (Å²) in [6.45, 7) is 4.05. The highest BCUT2D eigenvalue weighted by molar-refractivity contribution is 7.89. The number of hydrogen-bond donors (Lipinski definition) is 1. The molecule has 0 bridgehead atoms. The van der Waals surface area contributed by atoms with Crippen LogP contribution in [0.25, 0.3) is 0 Å². The summed E-state index contributed by atoms with van der Waals surface area (Å²) in [5.74, 6) is 0.0644. The number of carbonyl (C=O) groups is 1. The van der Waals surface area contributed by atoms with Crippen molar-refractivity contribution in [3.8, 4) is 5.75 Å². The van der Waals surface area contributed by atoms with Crippen LogP contribution in [0.3, 0.4) is 0 Å². The largest absolute Gasteiger partial charge is 0.490 e. The fourth-order valence-corrected chi connectivity index (χ4v) is 2.58. The van der Waals surface area contributed by atoms with Gasteiger partial charge in [0.25, 0.3) is 0 Å². The van der Waals surface area contributed by atoms with Crippen LogP contribution in [0, 0.1) is 13.8 Å². The molecule has 2 rings (SSSR count). The average molecular weight is 349 g/mol. The number of sulfonamides is 1. The number of ether oxygens (including phenoxy) is 2. The van der Waals surface area contributed by atoms with Crippen LogP contribution in [0.2, 0.25) is 0 Å². The molecular weight excluding hydrogens is 330 g/mol. The molecule has 0 unspecified atom stereocenters. The second-order valence-corrected chi connectivity index (χ2v) is 6.81. The van der Waals surface area contributed by atoms with E-state index in [1.165, 1.54) is 24.3 Å². The van der Waals surface area contributed by atoms with Crippen molar-refractivity contribution in [2.75, 3.05) is 13.2 Å². The summed E-state index contributed by atoms with van der Waals surface area (Å²) in [7, 11) is -3.72. The Morgan fingerprint density at radius 2 is 1.71 bits per heavy atom. The summed E-state index contributed by atoms with van der Waals surface area (Å²) in [5, 5.41) is 5.01. The third-order valence-corrected chi connectivity index (χ3v) is 4.49. The number of aryl methyl sites for hydroxylation is 1. The number of hydrogen-bond acceptors (Lipinski definition) is 5. The fraction of sp³-hybridized carbons (Fsp3) is 0.235. The molecule has 0 aliphatic heterocycles. The lowest BCUT2D eigenvalue weighted by atomic mass is 10.0. The molecule has 0 fully saturated rings. The van der Waals surface area contributed by atoms with Crippen molar-refractivity contribution in [2.24, 2.45) is 5.14 Å². The van der Waals surface area contributed by atoms with Crippen LogP contribution in [-0.4, -0.2) is 27.6 Å². The minimum Gasteiger partial charge on any atom is -0.490 e. The number of benzene rings is 2. The molecular formula is C17H19NO5S. The SMILES string of the molecule is Cc1cccc(C(=O)OCCOc2ccc(S(N)(=O)=O)cc2)c1C. The highest BCUT2D eigenvalue weighted by atomic mass is 32.2. The monoisotopic (exact) mass is 349 g/mol. The molecule has 0 aliphatic carbocycles. The second kappa shape index (κ2) is 7.46. The Bertz CT molecular complexity index is 829. The lowest BCUT2D eigenvalue weighted by molar-refractivity contribution is 0.0449. The first-order valence-corrected chi connectivity index (χ1v) is 8.82. The van der Waals surface area contributed by atoms with Crippen LogP contribution in [0.4, 0.5) is 0 Å². The molecule has 0 atom stereocenters. The lowest BCUT2D eigenvalue weighted by Gasteiger charge is -2.10. The Kier molecular flexibility index (Phi) is 5.58. The van der Waals surface area contributed by atoms with Gasteiger partial charge in [0, 0.05) is 0 Å². The van der Waals surface area contributed by atoms with Crippen molar-refractivity contribution in [1.82, 2.24) is 0 Å². The van der Waals surface area contributed by atoms with Crippen molar-refractivity contribution in [2.45, 2.75) is 18.7 Å². The first-order chi connectivity index (χ1) is 11.3. The van der Waals surface area contributed by atoms with E-state index < -0.39 is 16.0 Å². The van der Waals surface area contributed by atoms with Gasteiger partial charge in [-0.3, -0.25) is 0 Å². The first-order valence-electron chi connectivity index (χ1n) is 7.28.